The van der Waals surface area contributed by atoms with Gasteiger partial charge in [0.2, 0.25) is 0 Å². The summed E-state index contributed by atoms with van der Waals surface area (Å²) in [6.45, 7) is 5.39. The van der Waals surface area contributed by atoms with Gasteiger partial charge in [0.1, 0.15) is 9.84 Å². The molecule has 0 saturated carbocycles. The van der Waals surface area contributed by atoms with Crippen molar-refractivity contribution >= 4 is 27.3 Å². The average molecular weight is 375 g/mol. The molecule has 2 fully saturated rings. The molecule has 1 amide bonds. The molecule has 1 aromatic rings. The number of piperazine rings is 1. The monoisotopic (exact) mass is 374 g/mol. The van der Waals surface area contributed by atoms with E-state index < -0.39 is 9.84 Å². The van der Waals surface area contributed by atoms with Crippen LogP contribution in [0.15, 0.2) is 6.20 Å². The number of rotatable bonds is 3. The molecule has 9 heteroatoms. The molecule has 0 bridgehead atoms. The standard InChI is InChI=1S/C15H23ClN4O3S/c1-2-20-11-13(16)14(17-20)15(21)19-7-5-18(6-8-19)12-3-9-24(22,23)10-4-12/h11-12H,2-10H2,1H3. The van der Waals surface area contributed by atoms with Crippen molar-refractivity contribution in [2.24, 2.45) is 0 Å². The lowest BCUT2D eigenvalue weighted by molar-refractivity contribution is 0.0552. The van der Waals surface area contributed by atoms with E-state index >= 15 is 0 Å². The number of aryl methyl sites for hydroxylation is 1. The van der Waals surface area contributed by atoms with E-state index in [-0.39, 0.29) is 17.4 Å². The summed E-state index contributed by atoms with van der Waals surface area (Å²) < 4.78 is 24.7. The van der Waals surface area contributed by atoms with Crippen LogP contribution in [0, 0.1) is 0 Å². The van der Waals surface area contributed by atoms with Gasteiger partial charge in [0, 0.05) is 45.0 Å². The van der Waals surface area contributed by atoms with Gasteiger partial charge < -0.3 is 4.90 Å². The summed E-state index contributed by atoms with van der Waals surface area (Å²) in [5, 5.41) is 4.63. The van der Waals surface area contributed by atoms with Crippen molar-refractivity contribution in [3.8, 4) is 0 Å². The summed E-state index contributed by atoms with van der Waals surface area (Å²) in [5.74, 6) is 0.431. The molecule has 0 atom stereocenters. The van der Waals surface area contributed by atoms with Crippen molar-refractivity contribution in [2.45, 2.75) is 32.4 Å². The predicted molar refractivity (Wildman–Crippen MR) is 92.1 cm³/mol. The Morgan fingerprint density at radius 3 is 2.42 bits per heavy atom. The summed E-state index contributed by atoms with van der Waals surface area (Å²) in [6, 6.07) is 0.314. The zero-order valence-electron chi connectivity index (χ0n) is 13.8. The fourth-order valence-electron chi connectivity index (χ4n) is 3.39. The minimum absolute atomic E-state index is 0.127. The highest BCUT2D eigenvalue weighted by atomic mass is 35.5. The molecule has 0 unspecified atom stereocenters. The first-order valence-electron chi connectivity index (χ1n) is 8.36. The van der Waals surface area contributed by atoms with Crippen LogP contribution in [-0.2, 0) is 16.4 Å². The number of sulfone groups is 1. The summed E-state index contributed by atoms with van der Waals surface area (Å²) >= 11 is 6.12. The molecule has 0 radical (unpaired) electrons. The lowest BCUT2D eigenvalue weighted by Gasteiger charge is -2.40. The van der Waals surface area contributed by atoms with Gasteiger partial charge in [-0.15, -0.1) is 0 Å². The first-order chi connectivity index (χ1) is 11.4. The van der Waals surface area contributed by atoms with Crippen molar-refractivity contribution in [3.05, 3.63) is 16.9 Å². The topological polar surface area (TPSA) is 75.5 Å². The van der Waals surface area contributed by atoms with Gasteiger partial charge in [0.15, 0.2) is 5.69 Å². The molecule has 0 spiro atoms. The molecule has 2 saturated heterocycles. The van der Waals surface area contributed by atoms with Crippen molar-refractivity contribution in [1.29, 1.82) is 0 Å². The molecular weight excluding hydrogens is 352 g/mol. The Balaban J connectivity index is 1.57. The van der Waals surface area contributed by atoms with E-state index in [0.29, 0.717) is 49.2 Å². The van der Waals surface area contributed by atoms with Crippen LogP contribution in [0.2, 0.25) is 5.02 Å². The molecule has 1 aromatic heterocycles. The number of hydrogen-bond acceptors (Lipinski definition) is 5. The van der Waals surface area contributed by atoms with Crippen molar-refractivity contribution in [1.82, 2.24) is 19.6 Å². The van der Waals surface area contributed by atoms with E-state index in [1.165, 1.54) is 0 Å². The first kappa shape index (κ1) is 17.7. The van der Waals surface area contributed by atoms with Crippen molar-refractivity contribution in [2.75, 3.05) is 37.7 Å². The van der Waals surface area contributed by atoms with E-state index in [1.807, 2.05) is 6.92 Å². The minimum atomic E-state index is -2.84. The van der Waals surface area contributed by atoms with Crippen LogP contribution in [0.25, 0.3) is 0 Å². The molecular formula is C15H23ClN4O3S. The third-order valence-electron chi connectivity index (χ3n) is 4.89. The average Bonchev–Trinajstić information content (AvgIpc) is 2.95. The number of halogens is 1. The summed E-state index contributed by atoms with van der Waals surface area (Å²) in [7, 11) is -2.84. The Bertz CT molecular complexity index is 696. The van der Waals surface area contributed by atoms with E-state index in [4.69, 9.17) is 11.6 Å². The third kappa shape index (κ3) is 3.75. The van der Waals surface area contributed by atoms with Gasteiger partial charge >= 0.3 is 0 Å². The molecule has 3 heterocycles. The number of carbonyl (C=O) groups is 1. The maximum Gasteiger partial charge on any atom is 0.276 e. The van der Waals surface area contributed by atoms with Crippen LogP contribution in [0.3, 0.4) is 0 Å². The highest BCUT2D eigenvalue weighted by molar-refractivity contribution is 7.91. The second-order valence-corrected chi connectivity index (χ2v) is 9.10. The largest absolute Gasteiger partial charge is 0.335 e. The van der Waals surface area contributed by atoms with Gasteiger partial charge in [-0.1, -0.05) is 11.6 Å². The van der Waals surface area contributed by atoms with E-state index in [9.17, 15) is 13.2 Å². The molecule has 0 aromatic carbocycles. The van der Waals surface area contributed by atoms with Gasteiger partial charge in [0.25, 0.3) is 5.91 Å². The lowest BCUT2D eigenvalue weighted by Crippen LogP contribution is -2.53. The van der Waals surface area contributed by atoms with E-state index in [1.54, 1.807) is 15.8 Å². The Hall–Kier alpha value is -1.12. The van der Waals surface area contributed by atoms with Gasteiger partial charge in [-0.2, -0.15) is 5.10 Å². The number of aromatic nitrogens is 2. The lowest BCUT2D eigenvalue weighted by atomic mass is 10.1. The Morgan fingerprint density at radius 2 is 1.88 bits per heavy atom. The normalized spacial score (nSPS) is 22.7. The third-order valence-corrected chi connectivity index (χ3v) is 6.88. The van der Waals surface area contributed by atoms with Crippen molar-refractivity contribution in [3.63, 3.8) is 0 Å². The first-order valence-corrected chi connectivity index (χ1v) is 10.6. The molecule has 24 heavy (non-hydrogen) atoms. The van der Waals surface area contributed by atoms with Gasteiger partial charge in [-0.3, -0.25) is 14.4 Å². The maximum absolute atomic E-state index is 12.6. The number of amides is 1. The Labute approximate surface area is 147 Å². The predicted octanol–water partition coefficient (Wildman–Crippen LogP) is 0.891. The van der Waals surface area contributed by atoms with Crippen LogP contribution in [0.4, 0.5) is 0 Å². The summed E-state index contributed by atoms with van der Waals surface area (Å²) in [6.07, 6.45) is 3.07. The van der Waals surface area contributed by atoms with Gasteiger partial charge in [0.05, 0.1) is 16.5 Å². The van der Waals surface area contributed by atoms with E-state index in [2.05, 4.69) is 10.00 Å². The zero-order chi connectivity index (χ0) is 17.3. The molecule has 134 valence electrons. The fraction of sp³-hybridized carbons (Fsp3) is 0.733. The number of carbonyl (C=O) groups excluding carboxylic acids is 1. The maximum atomic E-state index is 12.6. The SMILES string of the molecule is CCn1cc(Cl)c(C(=O)N2CCN(C3CCS(=O)(=O)CC3)CC2)n1. The van der Waals surface area contributed by atoms with Crippen LogP contribution in [0.5, 0.6) is 0 Å². The van der Waals surface area contributed by atoms with Crippen molar-refractivity contribution < 1.29 is 13.2 Å². The zero-order valence-corrected chi connectivity index (χ0v) is 15.4. The Morgan fingerprint density at radius 1 is 1.25 bits per heavy atom. The summed E-state index contributed by atoms with van der Waals surface area (Å²) in [5.41, 5.74) is 0.315. The smallest absolute Gasteiger partial charge is 0.276 e. The minimum Gasteiger partial charge on any atom is -0.335 e. The Kier molecular flexibility index (Phi) is 5.17. The number of nitrogens with zero attached hydrogens (tertiary/aromatic N) is 4. The van der Waals surface area contributed by atoms with E-state index in [0.717, 1.165) is 13.1 Å². The second-order valence-electron chi connectivity index (χ2n) is 6.39. The molecule has 2 aliphatic heterocycles. The molecule has 7 nitrogen and oxygen atoms in total. The highest BCUT2D eigenvalue weighted by Crippen LogP contribution is 2.21. The van der Waals surface area contributed by atoms with Crippen LogP contribution < -0.4 is 0 Å². The van der Waals surface area contributed by atoms with Crippen LogP contribution in [0.1, 0.15) is 30.3 Å². The van der Waals surface area contributed by atoms with Gasteiger partial charge in [-0.05, 0) is 19.8 Å². The summed E-state index contributed by atoms with van der Waals surface area (Å²) in [4.78, 5) is 16.7. The van der Waals surface area contributed by atoms with Crippen LogP contribution >= 0.6 is 11.6 Å². The second kappa shape index (κ2) is 7.01. The quantitative estimate of drug-likeness (QED) is 0.785. The fourth-order valence-corrected chi connectivity index (χ4v) is 5.08. The highest BCUT2D eigenvalue weighted by Gasteiger charge is 2.32. The van der Waals surface area contributed by atoms with Crippen LogP contribution in [-0.4, -0.2) is 77.6 Å². The number of hydrogen-bond donors (Lipinski definition) is 0. The van der Waals surface area contributed by atoms with Gasteiger partial charge in [-0.25, -0.2) is 8.42 Å². The molecule has 0 N–H and O–H groups in total. The molecule has 2 aliphatic rings. The molecule has 3 rings (SSSR count). The molecule has 0 aliphatic carbocycles.